The standard InChI is InChI=1S/C13H15ClN2OS2/c1-7(12-8(2)18-9(3)15-12)16(4)13(17)10-5-6-11(14)19-10/h5-7H,1-4H3. The maximum absolute atomic E-state index is 12.3. The van der Waals surface area contributed by atoms with Gasteiger partial charge in [0.25, 0.3) is 5.91 Å². The first-order chi connectivity index (χ1) is 8.90. The molecule has 2 aromatic rings. The second kappa shape index (κ2) is 5.61. The average Bonchev–Trinajstić information content (AvgIpc) is 2.92. The molecule has 0 spiro atoms. The van der Waals surface area contributed by atoms with Crippen LogP contribution in [0.2, 0.25) is 4.34 Å². The maximum Gasteiger partial charge on any atom is 0.264 e. The Morgan fingerprint density at radius 2 is 2.05 bits per heavy atom. The monoisotopic (exact) mass is 314 g/mol. The van der Waals surface area contributed by atoms with Crippen LogP contribution in [0.1, 0.15) is 38.2 Å². The highest BCUT2D eigenvalue weighted by atomic mass is 35.5. The van der Waals surface area contributed by atoms with Gasteiger partial charge in [0.05, 0.1) is 26.0 Å². The van der Waals surface area contributed by atoms with Gasteiger partial charge in [0.1, 0.15) is 0 Å². The molecule has 0 saturated heterocycles. The highest BCUT2D eigenvalue weighted by Crippen LogP contribution is 2.29. The summed E-state index contributed by atoms with van der Waals surface area (Å²) in [6.45, 7) is 6.01. The molecular weight excluding hydrogens is 300 g/mol. The van der Waals surface area contributed by atoms with E-state index in [0.29, 0.717) is 9.21 Å². The molecule has 2 rings (SSSR count). The Balaban J connectivity index is 2.21. The van der Waals surface area contributed by atoms with Crippen molar-refractivity contribution in [1.29, 1.82) is 0 Å². The van der Waals surface area contributed by atoms with Crippen molar-refractivity contribution >= 4 is 40.2 Å². The first-order valence-corrected chi connectivity index (χ1v) is 7.87. The zero-order chi connectivity index (χ0) is 14.2. The van der Waals surface area contributed by atoms with Crippen molar-refractivity contribution in [3.05, 3.63) is 36.9 Å². The van der Waals surface area contributed by atoms with Gasteiger partial charge in [-0.05, 0) is 32.9 Å². The van der Waals surface area contributed by atoms with E-state index in [0.717, 1.165) is 15.6 Å². The average molecular weight is 315 g/mol. The van der Waals surface area contributed by atoms with Crippen molar-refractivity contribution in [3.8, 4) is 0 Å². The Bertz CT molecular complexity index is 606. The lowest BCUT2D eigenvalue weighted by atomic mass is 10.2. The highest BCUT2D eigenvalue weighted by molar-refractivity contribution is 7.18. The summed E-state index contributed by atoms with van der Waals surface area (Å²) in [6.07, 6.45) is 0. The molecule has 0 aromatic carbocycles. The van der Waals surface area contributed by atoms with E-state index < -0.39 is 0 Å². The van der Waals surface area contributed by atoms with E-state index in [4.69, 9.17) is 11.6 Å². The van der Waals surface area contributed by atoms with Crippen LogP contribution in [0.25, 0.3) is 0 Å². The third-order valence-corrected chi connectivity index (χ3v) is 5.14. The maximum atomic E-state index is 12.3. The first kappa shape index (κ1) is 14.5. The first-order valence-electron chi connectivity index (χ1n) is 5.86. The van der Waals surface area contributed by atoms with E-state index in [1.807, 2.05) is 20.8 Å². The second-order valence-corrected chi connectivity index (χ2v) is 7.49. The molecule has 0 N–H and O–H groups in total. The van der Waals surface area contributed by atoms with Gasteiger partial charge in [-0.3, -0.25) is 4.79 Å². The summed E-state index contributed by atoms with van der Waals surface area (Å²) in [4.78, 5) is 20.4. The van der Waals surface area contributed by atoms with Gasteiger partial charge in [0, 0.05) is 11.9 Å². The Kier molecular flexibility index (Phi) is 4.28. The normalized spacial score (nSPS) is 12.5. The number of aromatic nitrogens is 1. The number of nitrogens with zero attached hydrogens (tertiary/aromatic N) is 2. The van der Waals surface area contributed by atoms with Gasteiger partial charge in [-0.1, -0.05) is 11.6 Å². The molecule has 0 aliphatic heterocycles. The van der Waals surface area contributed by atoms with Crippen LogP contribution in [0.5, 0.6) is 0 Å². The second-order valence-electron chi connectivity index (χ2n) is 4.37. The van der Waals surface area contributed by atoms with E-state index >= 15 is 0 Å². The van der Waals surface area contributed by atoms with Crippen LogP contribution >= 0.6 is 34.3 Å². The molecule has 3 nitrogen and oxygen atoms in total. The lowest BCUT2D eigenvalue weighted by molar-refractivity contribution is 0.0744. The van der Waals surface area contributed by atoms with Crippen molar-refractivity contribution in [2.24, 2.45) is 0 Å². The topological polar surface area (TPSA) is 33.2 Å². The molecule has 6 heteroatoms. The van der Waals surface area contributed by atoms with Crippen LogP contribution in [0.3, 0.4) is 0 Å². The van der Waals surface area contributed by atoms with Crippen LogP contribution < -0.4 is 0 Å². The van der Waals surface area contributed by atoms with Gasteiger partial charge in [-0.15, -0.1) is 22.7 Å². The summed E-state index contributed by atoms with van der Waals surface area (Å²) in [5, 5.41) is 1.03. The minimum atomic E-state index is -0.0432. The fourth-order valence-electron chi connectivity index (χ4n) is 1.89. The number of amides is 1. The summed E-state index contributed by atoms with van der Waals surface area (Å²) < 4.78 is 0.630. The molecule has 1 atom stereocenters. The van der Waals surface area contributed by atoms with Crippen LogP contribution in [0.15, 0.2) is 12.1 Å². The third-order valence-electron chi connectivity index (χ3n) is 3.02. The van der Waals surface area contributed by atoms with E-state index in [1.165, 1.54) is 11.3 Å². The predicted octanol–water partition coefficient (Wildman–Crippen LogP) is 4.31. The zero-order valence-corrected chi connectivity index (χ0v) is 13.6. The number of hydrogen-bond donors (Lipinski definition) is 0. The van der Waals surface area contributed by atoms with E-state index in [1.54, 1.807) is 35.4 Å². The van der Waals surface area contributed by atoms with Gasteiger partial charge >= 0.3 is 0 Å². The molecule has 0 fully saturated rings. The summed E-state index contributed by atoms with van der Waals surface area (Å²) in [5.74, 6) is -0.0190. The summed E-state index contributed by atoms with van der Waals surface area (Å²) >= 11 is 8.83. The van der Waals surface area contributed by atoms with Crippen molar-refractivity contribution in [3.63, 3.8) is 0 Å². The lowest BCUT2D eigenvalue weighted by Crippen LogP contribution is -2.29. The van der Waals surface area contributed by atoms with E-state index in [-0.39, 0.29) is 11.9 Å². The molecule has 0 saturated carbocycles. The molecule has 1 amide bonds. The highest BCUT2D eigenvalue weighted by Gasteiger charge is 2.23. The SMILES string of the molecule is Cc1nc(C(C)N(C)C(=O)c2ccc(Cl)s2)c(C)s1. The molecule has 1 unspecified atom stereocenters. The van der Waals surface area contributed by atoms with Gasteiger partial charge < -0.3 is 4.90 Å². The number of hydrogen-bond acceptors (Lipinski definition) is 4. The fraction of sp³-hybridized carbons (Fsp3) is 0.385. The molecule has 19 heavy (non-hydrogen) atoms. The molecule has 102 valence electrons. The van der Waals surface area contributed by atoms with E-state index in [9.17, 15) is 4.79 Å². The van der Waals surface area contributed by atoms with Gasteiger partial charge in [0.2, 0.25) is 0 Å². The van der Waals surface area contributed by atoms with Crippen molar-refractivity contribution < 1.29 is 4.79 Å². The predicted molar refractivity (Wildman–Crippen MR) is 81.4 cm³/mol. The molecule has 0 radical (unpaired) electrons. The van der Waals surface area contributed by atoms with Crippen LogP contribution in [0, 0.1) is 13.8 Å². The Hall–Kier alpha value is -0.910. The number of carbonyl (C=O) groups is 1. The van der Waals surface area contributed by atoms with Crippen LogP contribution in [0.4, 0.5) is 0 Å². The summed E-state index contributed by atoms with van der Waals surface area (Å²) in [6, 6.07) is 3.46. The van der Waals surface area contributed by atoms with Crippen LogP contribution in [-0.2, 0) is 0 Å². The molecule has 2 heterocycles. The minimum Gasteiger partial charge on any atom is -0.333 e. The molecule has 2 aromatic heterocycles. The Morgan fingerprint density at radius 1 is 1.37 bits per heavy atom. The third kappa shape index (κ3) is 2.99. The summed E-state index contributed by atoms with van der Waals surface area (Å²) in [5.41, 5.74) is 0.973. The molecule has 0 bridgehead atoms. The number of thiophene rings is 1. The van der Waals surface area contributed by atoms with Crippen molar-refractivity contribution in [2.75, 3.05) is 7.05 Å². The van der Waals surface area contributed by atoms with E-state index in [2.05, 4.69) is 4.98 Å². The molecule has 0 aliphatic rings. The zero-order valence-electron chi connectivity index (χ0n) is 11.2. The van der Waals surface area contributed by atoms with Gasteiger partial charge in [-0.25, -0.2) is 4.98 Å². The van der Waals surface area contributed by atoms with Gasteiger partial charge in [-0.2, -0.15) is 0 Å². The largest absolute Gasteiger partial charge is 0.333 e. The minimum absolute atomic E-state index is 0.0190. The number of aryl methyl sites for hydroxylation is 2. The number of rotatable bonds is 3. The molecular formula is C13H15ClN2OS2. The molecule has 0 aliphatic carbocycles. The van der Waals surface area contributed by atoms with Crippen LogP contribution in [-0.4, -0.2) is 22.8 Å². The number of halogens is 1. The summed E-state index contributed by atoms with van der Waals surface area (Å²) in [7, 11) is 1.80. The fourth-order valence-corrected chi connectivity index (χ4v) is 3.83. The smallest absolute Gasteiger partial charge is 0.264 e. The Labute approximate surface area is 125 Å². The number of thiazole rings is 1. The quantitative estimate of drug-likeness (QED) is 0.846. The lowest BCUT2D eigenvalue weighted by Gasteiger charge is -2.23. The van der Waals surface area contributed by atoms with Crippen molar-refractivity contribution in [1.82, 2.24) is 9.88 Å². The van der Waals surface area contributed by atoms with Gasteiger partial charge in [0.15, 0.2) is 0 Å². The Morgan fingerprint density at radius 3 is 2.53 bits per heavy atom. The van der Waals surface area contributed by atoms with Crippen molar-refractivity contribution in [2.45, 2.75) is 26.8 Å². The number of carbonyl (C=O) groups excluding carboxylic acids is 1.